The summed E-state index contributed by atoms with van der Waals surface area (Å²) in [6.45, 7) is 13.9. The highest BCUT2D eigenvalue weighted by atomic mass is 14.6. The van der Waals surface area contributed by atoms with Gasteiger partial charge in [-0.25, -0.2) is 0 Å². The van der Waals surface area contributed by atoms with Crippen LogP contribution in [0.25, 0.3) is 0 Å². The molecule has 140 valence electrons. The zero-order valence-corrected chi connectivity index (χ0v) is 17.6. The molecule has 2 bridgehead atoms. The number of hydrogen-bond donors (Lipinski definition) is 0. The second-order valence-corrected chi connectivity index (χ2v) is 9.17. The molecular formula is C25H40. The molecule has 1 fully saturated rings. The van der Waals surface area contributed by atoms with E-state index in [0.717, 1.165) is 11.8 Å². The summed E-state index contributed by atoms with van der Waals surface area (Å²) in [6, 6.07) is 0. The van der Waals surface area contributed by atoms with Gasteiger partial charge in [-0.1, -0.05) is 53.5 Å². The topological polar surface area (TPSA) is 0 Å². The van der Waals surface area contributed by atoms with E-state index >= 15 is 0 Å². The Bertz CT molecular complexity index is 565. The van der Waals surface area contributed by atoms with Gasteiger partial charge in [0.25, 0.3) is 0 Å². The molecule has 3 atom stereocenters. The fourth-order valence-corrected chi connectivity index (χ4v) is 4.84. The molecule has 3 aliphatic carbocycles. The molecule has 1 saturated carbocycles. The Kier molecular flexibility index (Phi) is 7.35. The average molecular weight is 341 g/mol. The van der Waals surface area contributed by atoms with Crippen LogP contribution in [0.15, 0.2) is 46.6 Å². The lowest BCUT2D eigenvalue weighted by Gasteiger charge is -2.58. The second-order valence-electron chi connectivity index (χ2n) is 9.17. The third-order valence-corrected chi connectivity index (χ3v) is 6.82. The Morgan fingerprint density at radius 1 is 1.00 bits per heavy atom. The highest BCUT2D eigenvalue weighted by Gasteiger charge is 2.52. The Balaban J connectivity index is 1.69. The Morgan fingerprint density at radius 2 is 1.60 bits per heavy atom. The van der Waals surface area contributed by atoms with Crippen molar-refractivity contribution in [3.8, 4) is 0 Å². The third kappa shape index (κ3) is 5.47. The summed E-state index contributed by atoms with van der Waals surface area (Å²) in [4.78, 5) is 0. The molecule has 0 N–H and O–H groups in total. The van der Waals surface area contributed by atoms with Crippen LogP contribution in [0.5, 0.6) is 0 Å². The summed E-state index contributed by atoms with van der Waals surface area (Å²) in [5.74, 6) is 1.84. The van der Waals surface area contributed by atoms with E-state index in [2.05, 4.69) is 65.8 Å². The minimum atomic E-state index is 0.594. The Hall–Kier alpha value is -1.04. The van der Waals surface area contributed by atoms with Gasteiger partial charge in [0.1, 0.15) is 0 Å². The van der Waals surface area contributed by atoms with Crippen LogP contribution >= 0.6 is 0 Å². The van der Waals surface area contributed by atoms with Crippen molar-refractivity contribution < 1.29 is 0 Å². The molecule has 0 amide bonds. The first-order chi connectivity index (χ1) is 11.8. The van der Waals surface area contributed by atoms with Crippen LogP contribution in [0.4, 0.5) is 0 Å². The second kappa shape index (κ2) is 9.06. The first kappa shape index (κ1) is 20.3. The largest absolute Gasteiger partial charge is 0.0856 e. The van der Waals surface area contributed by atoms with Crippen LogP contribution in [0.2, 0.25) is 0 Å². The molecule has 0 aromatic heterocycles. The summed E-state index contributed by atoms with van der Waals surface area (Å²) < 4.78 is 0. The minimum absolute atomic E-state index is 0.594. The van der Waals surface area contributed by atoms with Crippen LogP contribution in [0, 0.1) is 17.3 Å². The Labute approximate surface area is 157 Å². The highest BCUT2D eigenvalue weighted by Crippen LogP contribution is 2.61. The van der Waals surface area contributed by atoms with E-state index < -0.39 is 0 Å². The van der Waals surface area contributed by atoms with E-state index in [0.29, 0.717) is 5.41 Å². The number of hydrogen-bond acceptors (Lipinski definition) is 0. The molecule has 0 heteroatoms. The summed E-state index contributed by atoms with van der Waals surface area (Å²) >= 11 is 0. The van der Waals surface area contributed by atoms with Gasteiger partial charge in [-0.3, -0.25) is 0 Å². The Morgan fingerprint density at radius 3 is 2.16 bits per heavy atom. The lowest BCUT2D eigenvalue weighted by Crippen LogP contribution is -2.49. The zero-order valence-electron chi connectivity index (χ0n) is 17.6. The molecule has 3 rings (SSSR count). The van der Waals surface area contributed by atoms with Gasteiger partial charge in [-0.15, -0.1) is 0 Å². The van der Waals surface area contributed by atoms with Crippen LogP contribution in [0.3, 0.4) is 0 Å². The molecule has 0 saturated heterocycles. The van der Waals surface area contributed by atoms with Crippen molar-refractivity contribution in [1.29, 1.82) is 0 Å². The van der Waals surface area contributed by atoms with Gasteiger partial charge in [-0.05, 0) is 103 Å². The molecule has 25 heavy (non-hydrogen) atoms. The lowest BCUT2D eigenvalue weighted by atomic mass is 9.47. The van der Waals surface area contributed by atoms with E-state index in [1.54, 1.807) is 16.7 Å². The lowest BCUT2D eigenvalue weighted by molar-refractivity contribution is -0.0312. The standard InChI is InChI=1S/C25H40/c1-19(2)10-7-11-20(3)12-8-13-21(4)14-9-17-25(6)23-16-15-22(5)24(25)18-23/h10,12,14-15,23-24H,7-9,11,13,16-18H2,1-6H3/b20-12+,21-14+/t23-,24-,25+/m0/s1. The zero-order chi connectivity index (χ0) is 18.4. The van der Waals surface area contributed by atoms with Crippen molar-refractivity contribution in [3.63, 3.8) is 0 Å². The average Bonchev–Trinajstić information content (AvgIpc) is 2.54. The first-order valence-electron chi connectivity index (χ1n) is 10.4. The van der Waals surface area contributed by atoms with Crippen LogP contribution in [0.1, 0.15) is 92.9 Å². The fraction of sp³-hybridized carbons (Fsp3) is 0.680. The first-order valence-corrected chi connectivity index (χ1v) is 10.4. The predicted octanol–water partition coefficient (Wildman–Crippen LogP) is 8.18. The maximum atomic E-state index is 2.55. The molecule has 0 heterocycles. The van der Waals surface area contributed by atoms with Gasteiger partial charge >= 0.3 is 0 Å². The van der Waals surface area contributed by atoms with E-state index in [9.17, 15) is 0 Å². The molecule has 0 aromatic carbocycles. The van der Waals surface area contributed by atoms with E-state index in [-0.39, 0.29) is 0 Å². The van der Waals surface area contributed by atoms with Gasteiger partial charge in [-0.2, -0.15) is 0 Å². The molecule has 0 aromatic rings. The summed E-state index contributed by atoms with van der Waals surface area (Å²) in [7, 11) is 0. The van der Waals surface area contributed by atoms with Gasteiger partial charge in [0, 0.05) is 0 Å². The van der Waals surface area contributed by atoms with E-state index in [1.165, 1.54) is 56.9 Å². The monoisotopic (exact) mass is 340 g/mol. The molecule has 3 aliphatic rings. The highest BCUT2D eigenvalue weighted by molar-refractivity contribution is 5.22. The molecule has 0 unspecified atom stereocenters. The number of fused-ring (bicyclic) bond motifs is 1. The van der Waals surface area contributed by atoms with Crippen molar-refractivity contribution in [2.24, 2.45) is 17.3 Å². The predicted molar refractivity (Wildman–Crippen MR) is 113 cm³/mol. The molecule has 0 nitrogen and oxygen atoms in total. The number of allylic oxidation sites excluding steroid dienone is 8. The third-order valence-electron chi connectivity index (χ3n) is 6.82. The molecule has 0 aliphatic heterocycles. The smallest absolute Gasteiger partial charge is 0.0146 e. The van der Waals surface area contributed by atoms with Crippen molar-refractivity contribution in [2.75, 3.05) is 0 Å². The maximum Gasteiger partial charge on any atom is -0.0146 e. The van der Waals surface area contributed by atoms with Gasteiger partial charge < -0.3 is 0 Å². The number of rotatable bonds is 9. The quantitative estimate of drug-likeness (QED) is 0.371. The molecular weight excluding hydrogens is 300 g/mol. The van der Waals surface area contributed by atoms with Crippen LogP contribution in [-0.2, 0) is 0 Å². The normalized spacial score (nSPS) is 29.1. The van der Waals surface area contributed by atoms with Crippen LogP contribution < -0.4 is 0 Å². The van der Waals surface area contributed by atoms with Gasteiger partial charge in [0.2, 0.25) is 0 Å². The van der Waals surface area contributed by atoms with Gasteiger partial charge in [0.05, 0.1) is 0 Å². The SMILES string of the molecule is CC(C)=CCC/C(C)=C/CC/C(C)=C/CC[C@]1(C)[C@H]2CC=C(C)[C@@H]1C2. The van der Waals surface area contributed by atoms with Crippen molar-refractivity contribution in [3.05, 3.63) is 46.6 Å². The summed E-state index contributed by atoms with van der Waals surface area (Å²) in [5, 5.41) is 0. The van der Waals surface area contributed by atoms with E-state index in [1.807, 2.05) is 0 Å². The van der Waals surface area contributed by atoms with Gasteiger partial charge in [0.15, 0.2) is 0 Å². The van der Waals surface area contributed by atoms with Crippen LogP contribution in [-0.4, -0.2) is 0 Å². The summed E-state index contributed by atoms with van der Waals surface area (Å²) in [5.41, 5.74) is 6.81. The van der Waals surface area contributed by atoms with Crippen molar-refractivity contribution in [2.45, 2.75) is 92.9 Å². The minimum Gasteiger partial charge on any atom is -0.0856 e. The van der Waals surface area contributed by atoms with E-state index in [4.69, 9.17) is 0 Å². The van der Waals surface area contributed by atoms with Crippen molar-refractivity contribution >= 4 is 0 Å². The fourth-order valence-electron chi connectivity index (χ4n) is 4.84. The molecule has 0 radical (unpaired) electrons. The molecule has 0 spiro atoms. The maximum absolute atomic E-state index is 2.55. The van der Waals surface area contributed by atoms with Crippen molar-refractivity contribution in [1.82, 2.24) is 0 Å². The summed E-state index contributed by atoms with van der Waals surface area (Å²) in [6.07, 6.45) is 20.1.